The fourth-order valence-electron chi connectivity index (χ4n) is 2.76. The van der Waals surface area contributed by atoms with Crippen LogP contribution in [0.1, 0.15) is 31.4 Å². The van der Waals surface area contributed by atoms with E-state index in [4.69, 9.17) is 5.73 Å². The van der Waals surface area contributed by atoms with Gasteiger partial charge in [-0.15, -0.1) is 0 Å². The second-order valence-electron chi connectivity index (χ2n) is 5.40. The van der Waals surface area contributed by atoms with E-state index in [1.165, 1.54) is 21.9 Å². The fourth-order valence-corrected chi connectivity index (χ4v) is 2.76. The van der Waals surface area contributed by atoms with Gasteiger partial charge in [0.2, 0.25) is 0 Å². The molecule has 2 N–H and O–H groups in total. The molecule has 2 aromatic carbocycles. The number of hydrogen-bond donors (Lipinski definition) is 1. The molecule has 90 valence electrons. The van der Waals surface area contributed by atoms with Crippen LogP contribution in [0.5, 0.6) is 0 Å². The Morgan fingerprint density at radius 2 is 1.76 bits per heavy atom. The second-order valence-corrected chi connectivity index (χ2v) is 5.40. The van der Waals surface area contributed by atoms with Gasteiger partial charge in [0.1, 0.15) is 0 Å². The van der Waals surface area contributed by atoms with Crippen molar-refractivity contribution in [1.29, 1.82) is 0 Å². The first-order valence-electron chi connectivity index (χ1n) is 6.25. The largest absolute Gasteiger partial charge is 0.330 e. The van der Waals surface area contributed by atoms with Gasteiger partial charge in [-0.25, -0.2) is 0 Å². The van der Waals surface area contributed by atoms with E-state index < -0.39 is 0 Å². The van der Waals surface area contributed by atoms with Crippen LogP contribution < -0.4 is 5.73 Å². The first kappa shape index (κ1) is 12.1. The summed E-state index contributed by atoms with van der Waals surface area (Å²) < 4.78 is 0. The SMILES string of the molecule is Cc1ccc2ccccc2c1C(C)(C)CCN. The maximum Gasteiger partial charge on any atom is -0.00690 e. The van der Waals surface area contributed by atoms with Crippen molar-refractivity contribution >= 4 is 10.8 Å². The highest BCUT2D eigenvalue weighted by molar-refractivity contribution is 5.87. The smallest absolute Gasteiger partial charge is 0.00690 e. The summed E-state index contributed by atoms with van der Waals surface area (Å²) in [5, 5.41) is 2.68. The van der Waals surface area contributed by atoms with Crippen LogP contribution in [0.4, 0.5) is 0 Å². The molecular formula is C16H21N. The molecule has 17 heavy (non-hydrogen) atoms. The van der Waals surface area contributed by atoms with Gasteiger partial charge in [0.05, 0.1) is 0 Å². The van der Waals surface area contributed by atoms with Crippen LogP contribution in [-0.2, 0) is 5.41 Å². The molecule has 0 saturated heterocycles. The Bertz CT molecular complexity index is 526. The summed E-state index contributed by atoms with van der Waals surface area (Å²) in [5.41, 5.74) is 8.69. The molecule has 2 aromatic rings. The van der Waals surface area contributed by atoms with Crippen molar-refractivity contribution < 1.29 is 0 Å². The predicted octanol–water partition coefficient (Wildman–Crippen LogP) is 3.77. The molecule has 0 atom stereocenters. The van der Waals surface area contributed by atoms with E-state index in [-0.39, 0.29) is 5.41 Å². The molecule has 0 spiro atoms. The molecule has 0 bridgehead atoms. The Morgan fingerprint density at radius 1 is 1.06 bits per heavy atom. The topological polar surface area (TPSA) is 26.0 Å². The molecule has 0 aliphatic carbocycles. The Balaban J connectivity index is 2.70. The van der Waals surface area contributed by atoms with Crippen LogP contribution in [-0.4, -0.2) is 6.54 Å². The molecule has 1 nitrogen and oxygen atoms in total. The predicted molar refractivity (Wildman–Crippen MR) is 75.4 cm³/mol. The van der Waals surface area contributed by atoms with E-state index in [1.54, 1.807) is 0 Å². The molecule has 0 unspecified atom stereocenters. The summed E-state index contributed by atoms with van der Waals surface area (Å²) in [6, 6.07) is 13.0. The molecule has 0 aliphatic rings. The second kappa shape index (κ2) is 4.50. The minimum absolute atomic E-state index is 0.139. The van der Waals surface area contributed by atoms with Gasteiger partial charge in [-0.05, 0) is 47.2 Å². The third-order valence-corrected chi connectivity index (χ3v) is 3.58. The molecule has 0 heterocycles. The Hall–Kier alpha value is -1.34. The summed E-state index contributed by atoms with van der Waals surface area (Å²) in [7, 11) is 0. The number of aryl methyl sites for hydroxylation is 1. The van der Waals surface area contributed by atoms with Gasteiger partial charge in [-0.1, -0.05) is 50.2 Å². The molecule has 0 aliphatic heterocycles. The quantitative estimate of drug-likeness (QED) is 0.848. The van der Waals surface area contributed by atoms with Gasteiger partial charge in [-0.2, -0.15) is 0 Å². The molecule has 0 aromatic heterocycles. The van der Waals surface area contributed by atoms with Crippen LogP contribution in [0.3, 0.4) is 0 Å². The molecule has 0 radical (unpaired) electrons. The lowest BCUT2D eigenvalue weighted by Crippen LogP contribution is -2.23. The highest BCUT2D eigenvalue weighted by atomic mass is 14.5. The first-order chi connectivity index (χ1) is 8.06. The summed E-state index contributed by atoms with van der Waals surface area (Å²) in [5.74, 6) is 0. The van der Waals surface area contributed by atoms with Crippen molar-refractivity contribution in [2.24, 2.45) is 5.73 Å². The van der Waals surface area contributed by atoms with Crippen LogP contribution in [0.2, 0.25) is 0 Å². The van der Waals surface area contributed by atoms with Gasteiger partial charge in [0.25, 0.3) is 0 Å². The van der Waals surface area contributed by atoms with Gasteiger partial charge in [0, 0.05) is 0 Å². The van der Waals surface area contributed by atoms with Crippen LogP contribution >= 0.6 is 0 Å². The van der Waals surface area contributed by atoms with Gasteiger partial charge in [-0.3, -0.25) is 0 Å². The number of hydrogen-bond acceptors (Lipinski definition) is 1. The first-order valence-corrected chi connectivity index (χ1v) is 6.25. The van der Waals surface area contributed by atoms with Crippen molar-refractivity contribution in [3.8, 4) is 0 Å². The van der Waals surface area contributed by atoms with E-state index >= 15 is 0 Å². The zero-order valence-electron chi connectivity index (χ0n) is 11.0. The van der Waals surface area contributed by atoms with Crippen molar-refractivity contribution in [3.63, 3.8) is 0 Å². The third-order valence-electron chi connectivity index (χ3n) is 3.58. The fraction of sp³-hybridized carbons (Fsp3) is 0.375. The van der Waals surface area contributed by atoms with E-state index in [2.05, 4.69) is 57.2 Å². The van der Waals surface area contributed by atoms with Crippen LogP contribution in [0.15, 0.2) is 36.4 Å². The van der Waals surface area contributed by atoms with E-state index in [1.807, 2.05) is 0 Å². The molecule has 0 fully saturated rings. The molecular weight excluding hydrogens is 206 g/mol. The molecule has 1 heteroatoms. The number of benzene rings is 2. The van der Waals surface area contributed by atoms with E-state index in [0.717, 1.165) is 13.0 Å². The third kappa shape index (κ3) is 2.20. The minimum atomic E-state index is 0.139. The normalized spacial score (nSPS) is 12.0. The molecule has 0 saturated carbocycles. The van der Waals surface area contributed by atoms with Gasteiger partial charge >= 0.3 is 0 Å². The number of nitrogens with two attached hydrogens (primary N) is 1. The Morgan fingerprint density at radius 3 is 2.47 bits per heavy atom. The highest BCUT2D eigenvalue weighted by Crippen LogP contribution is 2.35. The maximum atomic E-state index is 5.75. The molecule has 0 amide bonds. The molecule has 2 rings (SSSR count). The van der Waals surface area contributed by atoms with Gasteiger partial charge in [0.15, 0.2) is 0 Å². The average molecular weight is 227 g/mol. The number of rotatable bonds is 3. The van der Waals surface area contributed by atoms with Crippen molar-refractivity contribution in [3.05, 3.63) is 47.5 Å². The van der Waals surface area contributed by atoms with Crippen LogP contribution in [0, 0.1) is 6.92 Å². The number of fused-ring (bicyclic) bond motifs is 1. The summed E-state index contributed by atoms with van der Waals surface area (Å²) in [4.78, 5) is 0. The van der Waals surface area contributed by atoms with Crippen LogP contribution in [0.25, 0.3) is 10.8 Å². The Labute approximate surface area is 104 Å². The Kier molecular flexibility index (Phi) is 3.21. The summed E-state index contributed by atoms with van der Waals surface area (Å²) in [6.45, 7) is 7.50. The van der Waals surface area contributed by atoms with Crippen molar-refractivity contribution in [2.45, 2.75) is 32.6 Å². The lowest BCUT2D eigenvalue weighted by molar-refractivity contribution is 0.489. The van der Waals surface area contributed by atoms with Crippen molar-refractivity contribution in [2.75, 3.05) is 6.54 Å². The van der Waals surface area contributed by atoms with Crippen molar-refractivity contribution in [1.82, 2.24) is 0 Å². The van der Waals surface area contributed by atoms with E-state index in [0.29, 0.717) is 0 Å². The minimum Gasteiger partial charge on any atom is -0.330 e. The highest BCUT2D eigenvalue weighted by Gasteiger charge is 2.23. The average Bonchev–Trinajstić information content (AvgIpc) is 2.28. The maximum absolute atomic E-state index is 5.75. The monoisotopic (exact) mass is 227 g/mol. The lowest BCUT2D eigenvalue weighted by Gasteiger charge is -2.28. The lowest BCUT2D eigenvalue weighted by atomic mass is 9.77. The van der Waals surface area contributed by atoms with E-state index in [9.17, 15) is 0 Å². The standard InChI is InChI=1S/C16H21N/c1-12-8-9-13-6-4-5-7-14(13)15(12)16(2,3)10-11-17/h4-9H,10-11,17H2,1-3H3. The summed E-state index contributed by atoms with van der Waals surface area (Å²) in [6.07, 6.45) is 1.02. The zero-order valence-corrected chi connectivity index (χ0v) is 11.0. The van der Waals surface area contributed by atoms with Gasteiger partial charge < -0.3 is 5.73 Å². The summed E-state index contributed by atoms with van der Waals surface area (Å²) >= 11 is 0. The zero-order chi connectivity index (χ0) is 12.5.